The Kier molecular flexibility index (Phi) is 5.40. The number of aliphatic hydroxyl groups is 1. The van der Waals surface area contributed by atoms with Crippen LogP contribution >= 0.6 is 0 Å². The van der Waals surface area contributed by atoms with Gasteiger partial charge in [-0.3, -0.25) is 25.7 Å². The van der Waals surface area contributed by atoms with E-state index in [0.29, 0.717) is 0 Å². The highest BCUT2D eigenvalue weighted by atomic mass is 16.6. The zero-order chi connectivity index (χ0) is 18.6. The average Bonchev–Trinajstić information content (AvgIpc) is 2.57. The van der Waals surface area contributed by atoms with Crippen LogP contribution in [0.2, 0.25) is 0 Å². The van der Waals surface area contributed by atoms with E-state index in [1.165, 1.54) is 12.3 Å². The van der Waals surface area contributed by atoms with E-state index in [1.807, 2.05) is 26.0 Å². The van der Waals surface area contributed by atoms with E-state index in [1.54, 1.807) is 0 Å². The van der Waals surface area contributed by atoms with Gasteiger partial charge in [0.1, 0.15) is 5.69 Å². The van der Waals surface area contributed by atoms with E-state index < -0.39 is 15.5 Å². The smallest absolute Gasteiger partial charge is 0.301 e. The summed E-state index contributed by atoms with van der Waals surface area (Å²) >= 11 is 0. The second-order valence-corrected chi connectivity index (χ2v) is 5.38. The molecule has 0 saturated carbocycles. The first kappa shape index (κ1) is 18.0. The van der Waals surface area contributed by atoms with Gasteiger partial charge in [-0.25, -0.2) is 0 Å². The quantitative estimate of drug-likeness (QED) is 0.470. The van der Waals surface area contributed by atoms with Crippen molar-refractivity contribution in [1.29, 1.82) is 0 Å². The van der Waals surface area contributed by atoms with E-state index in [0.717, 1.165) is 34.4 Å². The van der Waals surface area contributed by atoms with E-state index in [-0.39, 0.29) is 18.0 Å². The maximum Gasteiger partial charge on any atom is 0.301 e. The Bertz CT molecular complexity index is 864. The molecule has 0 amide bonds. The van der Waals surface area contributed by atoms with E-state index in [4.69, 9.17) is 0 Å². The summed E-state index contributed by atoms with van der Waals surface area (Å²) in [7, 11) is 0. The molecule has 0 atom stereocenters. The number of anilines is 1. The molecular weight excluding hydrogens is 328 g/mol. The molecule has 0 heterocycles. The number of hydrogen-bond acceptors (Lipinski definition) is 7. The number of nitro benzene ring substituents is 2. The molecule has 2 rings (SSSR count). The summed E-state index contributed by atoms with van der Waals surface area (Å²) in [5.41, 5.74) is 5.07. The first-order chi connectivity index (χ1) is 11.8. The first-order valence-corrected chi connectivity index (χ1v) is 7.26. The third-order valence-corrected chi connectivity index (χ3v) is 3.65. The standard InChI is InChI=1S/C16H16N4O5/c1-10-5-12(11(2)13(6-10)9-21)8-17-18-15-4-3-14(19(22)23)7-16(15)20(24)25/h3-8,18,21H,9H2,1-2H3/b17-8-. The highest BCUT2D eigenvalue weighted by Crippen LogP contribution is 2.28. The van der Waals surface area contributed by atoms with Crippen molar-refractivity contribution in [3.05, 3.63) is 72.8 Å². The maximum absolute atomic E-state index is 11.1. The van der Waals surface area contributed by atoms with Crippen molar-refractivity contribution in [2.45, 2.75) is 20.5 Å². The van der Waals surface area contributed by atoms with E-state index in [9.17, 15) is 25.3 Å². The number of nitrogens with one attached hydrogen (secondary N) is 1. The van der Waals surface area contributed by atoms with Gasteiger partial charge in [0.05, 0.1) is 28.7 Å². The lowest BCUT2D eigenvalue weighted by atomic mass is 10.0. The lowest BCUT2D eigenvalue weighted by Crippen LogP contribution is -2.00. The molecule has 0 aliphatic heterocycles. The third-order valence-electron chi connectivity index (χ3n) is 3.65. The molecule has 2 aromatic rings. The van der Waals surface area contributed by atoms with Gasteiger partial charge in [-0.1, -0.05) is 17.7 Å². The van der Waals surface area contributed by atoms with Crippen molar-refractivity contribution in [1.82, 2.24) is 0 Å². The molecule has 0 aromatic heterocycles. The average molecular weight is 344 g/mol. The van der Waals surface area contributed by atoms with Crippen LogP contribution in [-0.2, 0) is 6.61 Å². The van der Waals surface area contributed by atoms with Crippen molar-refractivity contribution >= 4 is 23.3 Å². The van der Waals surface area contributed by atoms with Gasteiger partial charge in [0, 0.05) is 6.07 Å². The molecule has 0 bridgehead atoms. The number of hydrazone groups is 1. The van der Waals surface area contributed by atoms with Crippen LogP contribution in [0.3, 0.4) is 0 Å². The van der Waals surface area contributed by atoms with Crippen LogP contribution in [0.4, 0.5) is 17.1 Å². The molecule has 0 fully saturated rings. The van der Waals surface area contributed by atoms with E-state index >= 15 is 0 Å². The van der Waals surface area contributed by atoms with Crippen LogP contribution in [0, 0.1) is 34.1 Å². The fraction of sp³-hybridized carbons (Fsp3) is 0.188. The molecule has 2 N–H and O–H groups in total. The number of nitro groups is 2. The minimum atomic E-state index is -0.716. The van der Waals surface area contributed by atoms with Gasteiger partial charge in [0.25, 0.3) is 5.69 Å². The summed E-state index contributed by atoms with van der Waals surface area (Å²) in [6.07, 6.45) is 1.48. The number of hydrogen-bond donors (Lipinski definition) is 2. The summed E-state index contributed by atoms with van der Waals surface area (Å²) in [6, 6.07) is 6.99. The van der Waals surface area contributed by atoms with Crippen molar-refractivity contribution in [2.24, 2.45) is 5.10 Å². The van der Waals surface area contributed by atoms with Gasteiger partial charge in [0.2, 0.25) is 0 Å². The summed E-state index contributed by atoms with van der Waals surface area (Å²) in [5, 5.41) is 35.1. The molecule has 9 nitrogen and oxygen atoms in total. The van der Waals surface area contributed by atoms with Gasteiger partial charge >= 0.3 is 5.69 Å². The van der Waals surface area contributed by atoms with E-state index in [2.05, 4.69) is 10.5 Å². The van der Waals surface area contributed by atoms with Crippen LogP contribution in [0.25, 0.3) is 0 Å². The monoisotopic (exact) mass is 344 g/mol. The topological polar surface area (TPSA) is 131 Å². The largest absolute Gasteiger partial charge is 0.392 e. The zero-order valence-corrected chi connectivity index (χ0v) is 13.6. The molecule has 0 radical (unpaired) electrons. The van der Waals surface area contributed by atoms with Gasteiger partial charge in [-0.2, -0.15) is 5.10 Å². The molecule has 0 aliphatic rings. The molecular formula is C16H16N4O5. The minimum absolute atomic E-state index is 0.0412. The molecule has 0 aliphatic carbocycles. The van der Waals surface area contributed by atoms with Crippen LogP contribution in [0.15, 0.2) is 35.4 Å². The normalized spacial score (nSPS) is 10.8. The first-order valence-electron chi connectivity index (χ1n) is 7.26. The van der Waals surface area contributed by atoms with Gasteiger partial charge in [-0.05, 0) is 36.6 Å². The Labute approximate surface area is 142 Å². The second-order valence-electron chi connectivity index (χ2n) is 5.38. The Morgan fingerprint density at radius 1 is 1.16 bits per heavy atom. The lowest BCUT2D eigenvalue weighted by molar-refractivity contribution is -0.393. The molecule has 2 aromatic carbocycles. The van der Waals surface area contributed by atoms with Gasteiger partial charge in [-0.15, -0.1) is 0 Å². The number of aryl methyl sites for hydroxylation is 1. The number of nitrogens with zero attached hydrogens (tertiary/aromatic N) is 3. The third kappa shape index (κ3) is 4.15. The van der Waals surface area contributed by atoms with Gasteiger partial charge < -0.3 is 5.11 Å². The second kappa shape index (κ2) is 7.49. The lowest BCUT2D eigenvalue weighted by Gasteiger charge is -2.08. The van der Waals surface area contributed by atoms with Crippen LogP contribution in [-0.4, -0.2) is 21.2 Å². The Morgan fingerprint density at radius 2 is 1.88 bits per heavy atom. The maximum atomic E-state index is 11.1. The fourth-order valence-electron chi connectivity index (χ4n) is 2.31. The Balaban J connectivity index is 2.30. The van der Waals surface area contributed by atoms with Crippen molar-refractivity contribution in [3.63, 3.8) is 0 Å². The number of rotatable bonds is 6. The number of non-ortho nitro benzene ring substituents is 1. The molecule has 130 valence electrons. The predicted molar refractivity (Wildman–Crippen MR) is 92.8 cm³/mol. The predicted octanol–water partition coefficient (Wildman–Crippen LogP) is 3.06. The van der Waals surface area contributed by atoms with Crippen LogP contribution in [0.1, 0.15) is 22.3 Å². The van der Waals surface area contributed by atoms with Crippen LogP contribution in [0.5, 0.6) is 0 Å². The molecule has 25 heavy (non-hydrogen) atoms. The number of benzene rings is 2. The Morgan fingerprint density at radius 3 is 2.48 bits per heavy atom. The van der Waals surface area contributed by atoms with Crippen LogP contribution < -0.4 is 5.43 Å². The zero-order valence-electron chi connectivity index (χ0n) is 13.6. The molecule has 9 heteroatoms. The molecule has 0 unspecified atom stereocenters. The summed E-state index contributed by atoms with van der Waals surface area (Å²) in [6.45, 7) is 3.61. The highest BCUT2D eigenvalue weighted by molar-refractivity contribution is 5.83. The highest BCUT2D eigenvalue weighted by Gasteiger charge is 2.19. The minimum Gasteiger partial charge on any atom is -0.392 e. The SMILES string of the molecule is Cc1cc(/C=N\Nc2ccc([N+](=O)[O-])cc2[N+](=O)[O-])c(C)c(CO)c1. The summed E-state index contributed by atoms with van der Waals surface area (Å²) in [5.74, 6) is 0. The van der Waals surface area contributed by atoms with Crippen molar-refractivity contribution in [3.8, 4) is 0 Å². The summed E-state index contributed by atoms with van der Waals surface area (Å²) in [4.78, 5) is 20.4. The van der Waals surface area contributed by atoms with Crippen molar-refractivity contribution < 1.29 is 15.0 Å². The molecule has 0 spiro atoms. The summed E-state index contributed by atoms with van der Waals surface area (Å²) < 4.78 is 0. The molecule has 0 saturated heterocycles. The number of aliphatic hydroxyl groups excluding tert-OH is 1. The van der Waals surface area contributed by atoms with Gasteiger partial charge in [0.15, 0.2) is 0 Å². The fourth-order valence-corrected chi connectivity index (χ4v) is 2.31. The Hall–Kier alpha value is -3.33. The van der Waals surface area contributed by atoms with Crippen molar-refractivity contribution in [2.75, 3.05) is 5.43 Å².